The van der Waals surface area contributed by atoms with Crippen molar-refractivity contribution < 1.29 is 9.18 Å². The van der Waals surface area contributed by atoms with Gasteiger partial charge in [-0.1, -0.05) is 36.2 Å². The number of likely N-dealkylation sites (tertiary alicyclic amines) is 1. The average molecular weight is 519 g/mol. The van der Waals surface area contributed by atoms with Gasteiger partial charge in [0.2, 0.25) is 0 Å². The summed E-state index contributed by atoms with van der Waals surface area (Å²) in [7, 11) is 0. The van der Waals surface area contributed by atoms with Gasteiger partial charge in [0, 0.05) is 66.5 Å². The number of carbonyl (C=O) groups is 1. The molecule has 1 aromatic carbocycles. The molecular weight excluding hydrogens is 486 g/mol. The number of rotatable bonds is 7. The molecule has 0 radical (unpaired) electrons. The zero-order valence-electron chi connectivity index (χ0n) is 20.2. The third-order valence-corrected chi connectivity index (χ3v) is 8.30. The fourth-order valence-corrected chi connectivity index (χ4v) is 6.03. The van der Waals surface area contributed by atoms with Crippen molar-refractivity contribution in [3.05, 3.63) is 57.5 Å². The number of piperidine rings is 1. The lowest BCUT2D eigenvalue weighted by Crippen LogP contribution is -2.58. The summed E-state index contributed by atoms with van der Waals surface area (Å²) in [6.07, 6.45) is 6.90. The van der Waals surface area contributed by atoms with E-state index < -0.39 is 0 Å². The summed E-state index contributed by atoms with van der Waals surface area (Å²) < 4.78 is 14.2. The van der Waals surface area contributed by atoms with Crippen molar-refractivity contribution in [1.29, 1.82) is 0 Å². The predicted molar refractivity (Wildman–Crippen MR) is 139 cm³/mol. The first-order chi connectivity index (χ1) is 16.9. The standard InChI is InChI=1S/C27H33Cl2FN4O/c1-2-22-17-33(27-24(29)13-20(15-31-27)26(35)18-3-4-18)11-12-34(22)23-7-9-32(10-8-23)16-19-5-6-21(28)14-25(19)30/h5-6,13-15,18,22-23H,2-4,7-12,16-17H2,1H3/t22-/m0/s1. The molecule has 3 heterocycles. The van der Waals surface area contributed by atoms with Gasteiger partial charge in [-0.15, -0.1) is 0 Å². The van der Waals surface area contributed by atoms with Gasteiger partial charge < -0.3 is 4.90 Å². The molecule has 1 saturated carbocycles. The van der Waals surface area contributed by atoms with Crippen LogP contribution in [0.4, 0.5) is 10.2 Å². The molecule has 0 bridgehead atoms. The van der Waals surface area contributed by atoms with Crippen LogP contribution in [0.3, 0.4) is 0 Å². The van der Waals surface area contributed by atoms with Gasteiger partial charge in [0.25, 0.3) is 0 Å². The van der Waals surface area contributed by atoms with Gasteiger partial charge in [0.1, 0.15) is 11.6 Å². The van der Waals surface area contributed by atoms with Crippen molar-refractivity contribution >= 4 is 34.8 Å². The molecule has 5 nitrogen and oxygen atoms in total. The number of hydrogen-bond acceptors (Lipinski definition) is 5. The van der Waals surface area contributed by atoms with Crippen molar-refractivity contribution in [3.63, 3.8) is 0 Å². The maximum atomic E-state index is 14.2. The first-order valence-electron chi connectivity index (χ1n) is 12.8. The van der Waals surface area contributed by atoms with Crippen molar-refractivity contribution in [2.45, 2.75) is 57.7 Å². The van der Waals surface area contributed by atoms with Gasteiger partial charge in [0.05, 0.1) is 5.02 Å². The van der Waals surface area contributed by atoms with Crippen molar-refractivity contribution in [2.75, 3.05) is 37.6 Å². The van der Waals surface area contributed by atoms with E-state index in [9.17, 15) is 9.18 Å². The van der Waals surface area contributed by atoms with E-state index in [2.05, 4.69) is 26.6 Å². The molecule has 0 N–H and O–H groups in total. The third kappa shape index (κ3) is 5.66. The van der Waals surface area contributed by atoms with E-state index in [1.165, 1.54) is 6.07 Å². The molecule has 0 amide bonds. The second-order valence-electron chi connectivity index (χ2n) is 10.2. The lowest BCUT2D eigenvalue weighted by atomic mass is 9.97. The Morgan fingerprint density at radius 1 is 1.09 bits per heavy atom. The predicted octanol–water partition coefficient (Wildman–Crippen LogP) is 5.69. The van der Waals surface area contributed by atoms with Crippen LogP contribution in [0.1, 0.15) is 54.9 Å². The lowest BCUT2D eigenvalue weighted by molar-refractivity contribution is 0.0607. The van der Waals surface area contributed by atoms with Crippen LogP contribution in [0, 0.1) is 11.7 Å². The number of anilines is 1. The Bertz CT molecular complexity index is 1070. The van der Waals surface area contributed by atoms with E-state index in [4.69, 9.17) is 23.2 Å². The molecule has 2 aromatic rings. The van der Waals surface area contributed by atoms with Crippen LogP contribution in [0.25, 0.3) is 0 Å². The van der Waals surface area contributed by atoms with Gasteiger partial charge in [-0.2, -0.15) is 0 Å². The zero-order chi connectivity index (χ0) is 24.5. The van der Waals surface area contributed by atoms with E-state index in [-0.39, 0.29) is 17.5 Å². The summed E-state index contributed by atoms with van der Waals surface area (Å²) >= 11 is 12.5. The normalized spacial score (nSPS) is 22.5. The molecule has 188 valence electrons. The number of piperazine rings is 1. The number of ketones is 1. The second-order valence-corrected chi connectivity index (χ2v) is 11.0. The summed E-state index contributed by atoms with van der Waals surface area (Å²) in [4.78, 5) is 24.3. The molecule has 1 aliphatic carbocycles. The number of hydrogen-bond donors (Lipinski definition) is 0. The minimum absolute atomic E-state index is 0.170. The molecule has 1 atom stereocenters. The smallest absolute Gasteiger partial charge is 0.167 e. The highest BCUT2D eigenvalue weighted by Gasteiger charge is 2.35. The summed E-state index contributed by atoms with van der Waals surface area (Å²) in [6, 6.07) is 7.72. The third-order valence-electron chi connectivity index (χ3n) is 7.79. The Kier molecular flexibility index (Phi) is 7.63. The summed E-state index contributed by atoms with van der Waals surface area (Å²) in [5.74, 6) is 0.909. The average Bonchev–Trinajstić information content (AvgIpc) is 3.71. The Morgan fingerprint density at radius 3 is 2.51 bits per heavy atom. The Balaban J connectivity index is 1.17. The molecule has 0 unspecified atom stereocenters. The van der Waals surface area contributed by atoms with Gasteiger partial charge in [-0.05, 0) is 63.4 Å². The number of pyridine rings is 1. The SMILES string of the molecule is CC[C@H]1CN(c2ncc(C(=O)C3CC3)cc2Cl)CCN1C1CCN(Cc2ccc(Cl)cc2F)CC1. The number of benzene rings is 1. The summed E-state index contributed by atoms with van der Waals surface area (Å²) in [5, 5.41) is 1.01. The molecule has 35 heavy (non-hydrogen) atoms. The number of aromatic nitrogens is 1. The van der Waals surface area contributed by atoms with Crippen LogP contribution in [0.2, 0.25) is 10.0 Å². The lowest BCUT2D eigenvalue weighted by Gasteiger charge is -2.47. The number of nitrogens with zero attached hydrogens (tertiary/aromatic N) is 4. The topological polar surface area (TPSA) is 39.7 Å². The fourth-order valence-electron chi connectivity index (χ4n) is 5.59. The largest absolute Gasteiger partial charge is 0.353 e. The molecule has 0 spiro atoms. The first kappa shape index (κ1) is 24.9. The minimum Gasteiger partial charge on any atom is -0.353 e. The number of carbonyl (C=O) groups excluding carboxylic acids is 1. The van der Waals surface area contributed by atoms with Crippen LogP contribution in [-0.2, 0) is 6.54 Å². The van der Waals surface area contributed by atoms with Crippen LogP contribution < -0.4 is 4.90 Å². The monoisotopic (exact) mass is 518 g/mol. The highest BCUT2D eigenvalue weighted by atomic mass is 35.5. The van der Waals surface area contributed by atoms with Crippen LogP contribution in [-0.4, -0.2) is 65.4 Å². The molecule has 5 rings (SSSR count). The van der Waals surface area contributed by atoms with Crippen molar-refractivity contribution in [2.24, 2.45) is 5.92 Å². The molecule has 2 saturated heterocycles. The van der Waals surface area contributed by atoms with E-state index in [1.54, 1.807) is 24.4 Å². The summed E-state index contributed by atoms with van der Waals surface area (Å²) in [6.45, 7) is 7.52. The van der Waals surface area contributed by atoms with Crippen LogP contribution in [0.15, 0.2) is 30.5 Å². The van der Waals surface area contributed by atoms with Crippen LogP contribution in [0.5, 0.6) is 0 Å². The van der Waals surface area contributed by atoms with Crippen LogP contribution >= 0.6 is 23.2 Å². The number of halogens is 3. The Labute approximate surface area is 217 Å². The molecule has 2 aliphatic heterocycles. The molecular formula is C27H33Cl2FN4O. The Hall–Kier alpha value is -1.73. The minimum atomic E-state index is -0.223. The Morgan fingerprint density at radius 2 is 1.86 bits per heavy atom. The van der Waals surface area contributed by atoms with Gasteiger partial charge in [0.15, 0.2) is 5.78 Å². The van der Waals surface area contributed by atoms with E-state index in [0.717, 1.165) is 70.6 Å². The fraction of sp³-hybridized carbons (Fsp3) is 0.556. The molecule has 8 heteroatoms. The first-order valence-corrected chi connectivity index (χ1v) is 13.5. The maximum Gasteiger partial charge on any atom is 0.167 e. The molecule has 3 fully saturated rings. The quantitative estimate of drug-likeness (QED) is 0.440. The molecule has 1 aromatic heterocycles. The van der Waals surface area contributed by atoms with Gasteiger partial charge >= 0.3 is 0 Å². The van der Waals surface area contributed by atoms with Gasteiger partial charge in [-0.3, -0.25) is 14.6 Å². The maximum absolute atomic E-state index is 14.2. The van der Waals surface area contributed by atoms with E-state index in [1.807, 2.05) is 0 Å². The second kappa shape index (κ2) is 10.7. The van der Waals surface area contributed by atoms with Crippen molar-refractivity contribution in [3.8, 4) is 0 Å². The van der Waals surface area contributed by atoms with E-state index >= 15 is 0 Å². The van der Waals surface area contributed by atoms with E-state index in [0.29, 0.717) is 39.8 Å². The van der Waals surface area contributed by atoms with Gasteiger partial charge in [-0.25, -0.2) is 9.37 Å². The number of Topliss-reactive ketones (excluding diaryl/α,β-unsaturated/α-hetero) is 1. The highest BCUT2D eigenvalue weighted by Crippen LogP contribution is 2.35. The van der Waals surface area contributed by atoms with Crippen molar-refractivity contribution in [1.82, 2.24) is 14.8 Å². The highest BCUT2D eigenvalue weighted by molar-refractivity contribution is 6.33. The summed E-state index contributed by atoms with van der Waals surface area (Å²) in [5.41, 5.74) is 1.35. The zero-order valence-corrected chi connectivity index (χ0v) is 21.7. The molecule has 3 aliphatic rings.